The lowest BCUT2D eigenvalue weighted by molar-refractivity contribution is -0.136. The van der Waals surface area contributed by atoms with Gasteiger partial charge in [-0.3, -0.25) is 34.2 Å². The molecular formula is C27H31N5O7. The van der Waals surface area contributed by atoms with Crippen LogP contribution in [-0.2, 0) is 20.8 Å². The normalized spacial score (nSPS) is 17.6. The van der Waals surface area contributed by atoms with Crippen molar-refractivity contribution in [2.75, 3.05) is 18.4 Å². The number of unbranched alkanes of at least 4 members (excludes halogenated alkanes) is 2. The number of nitrogens with two attached hydrogens (primary N) is 1. The van der Waals surface area contributed by atoms with E-state index in [-0.39, 0.29) is 47.8 Å². The van der Waals surface area contributed by atoms with Crippen molar-refractivity contribution in [1.29, 1.82) is 0 Å². The summed E-state index contributed by atoms with van der Waals surface area (Å²) in [6, 6.07) is 7.40. The Hall–Kier alpha value is -4.45. The molecule has 0 bridgehead atoms. The maximum absolute atomic E-state index is 13.1. The molecule has 2 aromatic rings. The van der Waals surface area contributed by atoms with Gasteiger partial charge in [0, 0.05) is 25.2 Å². The van der Waals surface area contributed by atoms with Crippen LogP contribution in [0.2, 0.25) is 0 Å². The molecule has 1 unspecified atom stereocenters. The minimum absolute atomic E-state index is 0.0598. The molecule has 0 spiro atoms. The summed E-state index contributed by atoms with van der Waals surface area (Å²) in [5.74, 6) is -3.01. The highest BCUT2D eigenvalue weighted by atomic mass is 16.3. The van der Waals surface area contributed by atoms with Crippen LogP contribution in [-0.4, -0.2) is 69.8 Å². The van der Waals surface area contributed by atoms with E-state index in [0.717, 1.165) is 17.7 Å². The Balaban J connectivity index is 1.20. The molecule has 2 aromatic carbocycles. The maximum atomic E-state index is 13.1. The summed E-state index contributed by atoms with van der Waals surface area (Å²) in [6.07, 6.45) is 2.59. The van der Waals surface area contributed by atoms with Gasteiger partial charge in [-0.2, -0.15) is 0 Å². The third-order valence-electron chi connectivity index (χ3n) is 6.77. The van der Waals surface area contributed by atoms with Crippen LogP contribution in [0.15, 0.2) is 36.4 Å². The molecule has 2 atom stereocenters. The summed E-state index contributed by atoms with van der Waals surface area (Å²) in [6.45, 7) is 0.955. The third kappa shape index (κ3) is 6.17. The van der Waals surface area contributed by atoms with E-state index in [4.69, 9.17) is 5.73 Å². The number of phenols is 2. The monoisotopic (exact) mass is 537 g/mol. The fourth-order valence-corrected chi connectivity index (χ4v) is 4.70. The molecule has 1 fully saturated rings. The number of phenolic OH excluding ortho intramolecular Hbond substituents is 2. The number of fused-ring (bicyclic) bond motifs is 1. The predicted octanol–water partition coefficient (Wildman–Crippen LogP) is 0.767. The average molecular weight is 538 g/mol. The highest BCUT2D eigenvalue weighted by molar-refractivity contribution is 6.25. The average Bonchev–Trinajstić information content (AvgIpc) is 3.15. The van der Waals surface area contributed by atoms with Crippen molar-refractivity contribution in [3.05, 3.63) is 53.1 Å². The molecule has 0 saturated carbocycles. The lowest BCUT2D eigenvalue weighted by atomic mass is 10.0. The number of hydrogen-bond donors (Lipinski definition) is 6. The van der Waals surface area contributed by atoms with E-state index in [1.807, 2.05) is 0 Å². The van der Waals surface area contributed by atoms with Crippen LogP contribution in [0.25, 0.3) is 0 Å². The van der Waals surface area contributed by atoms with E-state index in [0.29, 0.717) is 30.8 Å². The summed E-state index contributed by atoms with van der Waals surface area (Å²) in [4.78, 5) is 62.9. The molecule has 2 aliphatic heterocycles. The first-order chi connectivity index (χ1) is 18.7. The molecule has 2 heterocycles. The maximum Gasteiger partial charge on any atom is 0.264 e. The molecule has 4 rings (SSSR count). The van der Waals surface area contributed by atoms with E-state index in [9.17, 15) is 34.2 Å². The van der Waals surface area contributed by atoms with Crippen molar-refractivity contribution in [3.63, 3.8) is 0 Å². The number of piperidine rings is 1. The molecule has 0 radical (unpaired) electrons. The highest BCUT2D eigenvalue weighted by Gasteiger charge is 2.45. The molecule has 0 aromatic heterocycles. The van der Waals surface area contributed by atoms with Gasteiger partial charge >= 0.3 is 0 Å². The molecule has 1 saturated heterocycles. The molecule has 0 aliphatic carbocycles. The first-order valence-corrected chi connectivity index (χ1v) is 12.8. The molecule has 7 N–H and O–H groups in total. The summed E-state index contributed by atoms with van der Waals surface area (Å²) < 4.78 is 0. The van der Waals surface area contributed by atoms with Crippen LogP contribution in [0.5, 0.6) is 11.5 Å². The number of carbonyl (C=O) groups excluding carboxylic acids is 5. The largest absolute Gasteiger partial charge is 0.504 e. The number of carbonyl (C=O) groups is 5. The quantitative estimate of drug-likeness (QED) is 0.136. The van der Waals surface area contributed by atoms with Gasteiger partial charge in [0.15, 0.2) is 11.5 Å². The van der Waals surface area contributed by atoms with Gasteiger partial charge in [0.1, 0.15) is 6.04 Å². The summed E-state index contributed by atoms with van der Waals surface area (Å²) in [7, 11) is 0. The number of nitrogens with zero attached hydrogens (tertiary/aromatic N) is 1. The molecule has 12 nitrogen and oxygen atoms in total. The minimum Gasteiger partial charge on any atom is -0.504 e. The Morgan fingerprint density at radius 2 is 1.79 bits per heavy atom. The summed E-state index contributed by atoms with van der Waals surface area (Å²) in [5.41, 5.74) is 7.51. The number of anilines is 1. The zero-order valence-corrected chi connectivity index (χ0v) is 21.2. The molecule has 39 heavy (non-hydrogen) atoms. The number of rotatable bonds is 11. The van der Waals surface area contributed by atoms with Gasteiger partial charge in [0.2, 0.25) is 17.7 Å². The first kappa shape index (κ1) is 27.6. The molecule has 206 valence electrons. The topological polar surface area (TPSA) is 191 Å². The zero-order valence-electron chi connectivity index (χ0n) is 21.2. The molecule has 12 heteroatoms. The van der Waals surface area contributed by atoms with Crippen molar-refractivity contribution in [1.82, 2.24) is 15.5 Å². The van der Waals surface area contributed by atoms with Gasteiger partial charge in [0.05, 0.1) is 17.2 Å². The van der Waals surface area contributed by atoms with E-state index >= 15 is 0 Å². The van der Waals surface area contributed by atoms with E-state index in [1.54, 1.807) is 24.3 Å². The number of aromatic hydroxyl groups is 2. The second kappa shape index (κ2) is 11.9. The number of imide groups is 2. The summed E-state index contributed by atoms with van der Waals surface area (Å²) in [5, 5.41) is 27.1. The number of nitrogens with one attached hydrogen (secondary N) is 3. The Kier molecular flexibility index (Phi) is 8.45. The lowest BCUT2D eigenvalue weighted by Gasteiger charge is -2.27. The van der Waals surface area contributed by atoms with Crippen LogP contribution >= 0.6 is 0 Å². The van der Waals surface area contributed by atoms with Crippen molar-refractivity contribution in [2.45, 2.75) is 50.6 Å². The van der Waals surface area contributed by atoms with Crippen molar-refractivity contribution < 1.29 is 34.2 Å². The standard InChI is InChI=1S/C27H31N5O7/c28-17(13-15-7-9-20(33)21(34)14-15)24(36)30-12-3-1-2-11-29-18-6-4-5-16-23(18)27(39)32(26(16)38)19-8-10-22(35)31-25(19)37/h4-7,9,14,17,19,29,33-34H,1-3,8,10-13,28H2,(H,30,36)(H,31,35,37)/t17-,19?/m0/s1. The van der Waals surface area contributed by atoms with Gasteiger partial charge in [-0.1, -0.05) is 12.1 Å². The lowest BCUT2D eigenvalue weighted by Crippen LogP contribution is -2.54. The van der Waals surface area contributed by atoms with Crippen molar-refractivity contribution in [2.24, 2.45) is 5.73 Å². The third-order valence-corrected chi connectivity index (χ3v) is 6.77. The SMILES string of the molecule is N[C@@H](Cc1ccc(O)c(O)c1)C(=O)NCCCCCNc1cccc2c1C(=O)N(C1CCC(=O)NC1=O)C2=O. The Morgan fingerprint density at radius 1 is 1.03 bits per heavy atom. The molecule has 2 aliphatic rings. The van der Waals surface area contributed by atoms with Crippen LogP contribution in [0.4, 0.5) is 5.69 Å². The van der Waals surface area contributed by atoms with E-state index < -0.39 is 35.7 Å². The zero-order chi connectivity index (χ0) is 28.1. The highest BCUT2D eigenvalue weighted by Crippen LogP contribution is 2.32. The van der Waals surface area contributed by atoms with Gasteiger partial charge in [-0.25, -0.2) is 0 Å². The predicted molar refractivity (Wildman–Crippen MR) is 140 cm³/mol. The molecular weight excluding hydrogens is 506 g/mol. The van der Waals surface area contributed by atoms with E-state index in [2.05, 4.69) is 16.0 Å². The van der Waals surface area contributed by atoms with Crippen LogP contribution in [0.1, 0.15) is 58.4 Å². The Morgan fingerprint density at radius 3 is 2.54 bits per heavy atom. The van der Waals surface area contributed by atoms with Crippen molar-refractivity contribution >= 4 is 35.2 Å². The fourth-order valence-electron chi connectivity index (χ4n) is 4.70. The van der Waals surface area contributed by atoms with Gasteiger partial charge < -0.3 is 26.6 Å². The van der Waals surface area contributed by atoms with Crippen LogP contribution < -0.4 is 21.7 Å². The molecule has 5 amide bonds. The first-order valence-electron chi connectivity index (χ1n) is 12.8. The van der Waals surface area contributed by atoms with E-state index in [1.165, 1.54) is 12.1 Å². The second-order valence-corrected chi connectivity index (χ2v) is 9.59. The number of amides is 5. The van der Waals surface area contributed by atoms with Crippen molar-refractivity contribution in [3.8, 4) is 11.5 Å². The number of benzene rings is 2. The fraction of sp³-hybridized carbons (Fsp3) is 0.370. The Bertz CT molecular complexity index is 1310. The van der Waals surface area contributed by atoms with Gasteiger partial charge in [-0.15, -0.1) is 0 Å². The summed E-state index contributed by atoms with van der Waals surface area (Å²) >= 11 is 0. The van der Waals surface area contributed by atoms with Gasteiger partial charge in [-0.05, 0) is 61.9 Å². The number of hydrogen-bond acceptors (Lipinski definition) is 9. The smallest absolute Gasteiger partial charge is 0.264 e. The second-order valence-electron chi connectivity index (χ2n) is 9.59. The minimum atomic E-state index is -1.01. The Labute approximate surface area is 224 Å². The van der Waals surface area contributed by atoms with Crippen LogP contribution in [0, 0.1) is 0 Å². The van der Waals surface area contributed by atoms with Gasteiger partial charge in [0.25, 0.3) is 11.8 Å². The van der Waals surface area contributed by atoms with Crippen LogP contribution in [0.3, 0.4) is 0 Å².